The Morgan fingerprint density at radius 2 is 1.91 bits per heavy atom. The molecule has 9 nitrogen and oxygen atoms in total. The van der Waals surface area contributed by atoms with E-state index in [0.29, 0.717) is 36.2 Å². The summed E-state index contributed by atoms with van der Waals surface area (Å²) in [7, 11) is 1.49. The van der Waals surface area contributed by atoms with Crippen LogP contribution in [0.15, 0.2) is 36.5 Å². The van der Waals surface area contributed by atoms with Crippen molar-refractivity contribution in [2.45, 2.75) is 42.9 Å². The fraction of sp³-hybridized carbons (Fsp3) is 0.387. The third kappa shape index (κ3) is 4.90. The zero-order chi connectivity index (χ0) is 31.0. The highest BCUT2D eigenvalue weighted by Gasteiger charge is 2.49. The van der Waals surface area contributed by atoms with Gasteiger partial charge in [0, 0.05) is 34.3 Å². The van der Waals surface area contributed by atoms with Crippen molar-refractivity contribution in [1.29, 1.82) is 0 Å². The molecule has 3 fully saturated rings. The third-order valence-electron chi connectivity index (χ3n) is 8.61. The van der Waals surface area contributed by atoms with Gasteiger partial charge in [-0.25, -0.2) is 18.2 Å². The zero-order valence-electron chi connectivity index (χ0n) is 23.5. The molecule has 1 amide bonds. The van der Waals surface area contributed by atoms with Crippen LogP contribution in [-0.4, -0.2) is 57.8 Å². The first-order valence-corrected chi connectivity index (χ1v) is 14.6. The molecular weight excluding hydrogens is 601 g/mol. The largest absolute Gasteiger partial charge is 0.494 e. The molecule has 0 bridgehead atoms. The van der Waals surface area contributed by atoms with Crippen molar-refractivity contribution in [3.8, 4) is 17.0 Å². The molecule has 44 heavy (non-hydrogen) atoms. The number of benzene rings is 2. The number of ether oxygens (including phenoxy) is 2. The van der Waals surface area contributed by atoms with Crippen LogP contribution in [0.2, 0.25) is 5.02 Å². The number of nitrogens with one attached hydrogen (secondary N) is 1. The van der Waals surface area contributed by atoms with E-state index in [1.165, 1.54) is 13.2 Å². The molecule has 4 aromatic rings. The number of aliphatic hydroxyl groups is 2. The number of amides is 1. The number of carbonyl (C=O) groups is 1. The smallest absolute Gasteiger partial charge is 0.251 e. The van der Waals surface area contributed by atoms with E-state index in [1.54, 1.807) is 12.1 Å². The Kier molecular flexibility index (Phi) is 6.89. The molecule has 13 heteroatoms. The molecule has 0 radical (unpaired) electrons. The number of methoxy groups -OCH3 is 1. The van der Waals surface area contributed by atoms with E-state index >= 15 is 4.39 Å². The molecule has 0 spiro atoms. The van der Waals surface area contributed by atoms with Gasteiger partial charge in [-0.3, -0.25) is 9.48 Å². The summed E-state index contributed by atoms with van der Waals surface area (Å²) < 4.78 is 57.3. The molecule has 1 aliphatic heterocycles. The standard InChI is InChI=1S/C31H28ClF3N4O5/c1-43-24-7-15(6-16-11-39(18-4-5-18)38-27(16)24)29(40)36-12-31(42,17-2-3-17)25-9-20(30(41)13-44-14-30)26(35)28(37-25)19-8-21(32)23(34)10-22(19)33/h6-11,17-18,41-42H,2-5,12-14H2,1H3,(H,36,40)/t31-/m1/s1. The predicted octanol–water partition coefficient (Wildman–Crippen LogP) is 4.76. The number of halogens is 4. The molecule has 2 aliphatic carbocycles. The Balaban J connectivity index is 1.25. The number of hydrogen-bond acceptors (Lipinski definition) is 7. The number of fused-ring (bicyclic) bond motifs is 1. The Morgan fingerprint density at radius 1 is 1.16 bits per heavy atom. The number of carbonyl (C=O) groups excluding carboxylic acids is 1. The molecule has 2 saturated carbocycles. The SMILES string of the molecule is COc1cc(C(=O)NC[C@](O)(c2cc(C3(O)COC3)c(F)c(-c3cc(Cl)c(F)cc3F)n2)C2CC2)cc2cn(C3CC3)nc12. The highest BCUT2D eigenvalue weighted by atomic mass is 35.5. The topological polar surface area (TPSA) is 119 Å². The van der Waals surface area contributed by atoms with Crippen molar-refractivity contribution in [2.75, 3.05) is 26.9 Å². The van der Waals surface area contributed by atoms with Crippen LogP contribution in [0.1, 0.15) is 53.3 Å². The van der Waals surface area contributed by atoms with Gasteiger partial charge >= 0.3 is 0 Å². The quantitative estimate of drug-likeness (QED) is 0.229. The predicted molar refractivity (Wildman–Crippen MR) is 153 cm³/mol. The van der Waals surface area contributed by atoms with Crippen LogP contribution in [0, 0.1) is 23.4 Å². The summed E-state index contributed by atoms with van der Waals surface area (Å²) in [5, 5.41) is 30.7. The Labute approximate surface area is 254 Å². The van der Waals surface area contributed by atoms with Crippen LogP contribution in [0.4, 0.5) is 13.2 Å². The van der Waals surface area contributed by atoms with E-state index in [1.807, 2.05) is 10.9 Å². The molecule has 2 aromatic heterocycles. The van der Waals surface area contributed by atoms with E-state index in [0.717, 1.165) is 24.3 Å². The molecule has 1 atom stereocenters. The summed E-state index contributed by atoms with van der Waals surface area (Å²) in [5.41, 5.74) is -4.05. The summed E-state index contributed by atoms with van der Waals surface area (Å²) in [6.45, 7) is -0.795. The third-order valence-corrected chi connectivity index (χ3v) is 8.90. The molecule has 2 aromatic carbocycles. The first kappa shape index (κ1) is 29.0. The van der Waals surface area contributed by atoms with Gasteiger partial charge in [0.2, 0.25) is 0 Å². The maximum Gasteiger partial charge on any atom is 0.251 e. The lowest BCUT2D eigenvalue weighted by Gasteiger charge is -2.38. The van der Waals surface area contributed by atoms with Crippen molar-refractivity contribution in [3.63, 3.8) is 0 Å². The Morgan fingerprint density at radius 3 is 2.55 bits per heavy atom. The second kappa shape index (κ2) is 10.4. The van der Waals surface area contributed by atoms with Crippen LogP contribution in [-0.2, 0) is 15.9 Å². The first-order valence-electron chi connectivity index (χ1n) is 14.2. The average molecular weight is 629 g/mol. The van der Waals surface area contributed by atoms with E-state index in [2.05, 4.69) is 15.4 Å². The van der Waals surface area contributed by atoms with Crippen molar-refractivity contribution < 1.29 is 37.7 Å². The first-order chi connectivity index (χ1) is 21.0. The van der Waals surface area contributed by atoms with Crippen LogP contribution in [0.25, 0.3) is 22.2 Å². The summed E-state index contributed by atoms with van der Waals surface area (Å²) >= 11 is 5.89. The molecule has 7 rings (SSSR count). The fourth-order valence-electron chi connectivity index (χ4n) is 5.68. The molecule has 3 heterocycles. The summed E-state index contributed by atoms with van der Waals surface area (Å²) in [4.78, 5) is 17.7. The second-order valence-corrected chi connectivity index (χ2v) is 12.2. The van der Waals surface area contributed by atoms with E-state index < -0.39 is 50.8 Å². The monoisotopic (exact) mass is 628 g/mol. The van der Waals surface area contributed by atoms with E-state index in [-0.39, 0.29) is 42.5 Å². The minimum Gasteiger partial charge on any atom is -0.494 e. The van der Waals surface area contributed by atoms with Gasteiger partial charge < -0.3 is 25.0 Å². The maximum absolute atomic E-state index is 15.9. The van der Waals surface area contributed by atoms with Gasteiger partial charge in [-0.15, -0.1) is 0 Å². The fourth-order valence-corrected chi connectivity index (χ4v) is 5.84. The van der Waals surface area contributed by atoms with Crippen molar-refractivity contribution in [3.05, 3.63) is 75.8 Å². The van der Waals surface area contributed by atoms with Crippen LogP contribution < -0.4 is 10.1 Å². The highest BCUT2D eigenvalue weighted by Crippen LogP contribution is 2.47. The summed E-state index contributed by atoms with van der Waals surface area (Å²) in [6, 6.07) is 6.22. The Hall–Kier alpha value is -3.71. The minimum atomic E-state index is -1.82. The maximum atomic E-state index is 15.9. The molecule has 3 aliphatic rings. The number of pyridine rings is 1. The number of rotatable bonds is 9. The van der Waals surface area contributed by atoms with E-state index in [4.69, 9.17) is 21.1 Å². The van der Waals surface area contributed by atoms with Gasteiger partial charge in [0.25, 0.3) is 5.91 Å². The molecule has 0 unspecified atom stereocenters. The van der Waals surface area contributed by atoms with Crippen molar-refractivity contribution in [2.24, 2.45) is 5.92 Å². The normalized spacial score (nSPS) is 19.0. The highest BCUT2D eigenvalue weighted by molar-refractivity contribution is 6.31. The summed E-state index contributed by atoms with van der Waals surface area (Å²) in [6.07, 6.45) is 5.11. The zero-order valence-corrected chi connectivity index (χ0v) is 24.3. The van der Waals surface area contributed by atoms with Gasteiger partial charge in [0.05, 0.1) is 43.6 Å². The van der Waals surface area contributed by atoms with Gasteiger partial charge in [-0.2, -0.15) is 5.10 Å². The van der Waals surface area contributed by atoms with Crippen LogP contribution in [0.3, 0.4) is 0 Å². The molecular formula is C31H28ClF3N4O5. The lowest BCUT2D eigenvalue weighted by atomic mass is 9.85. The minimum absolute atomic E-state index is 0.0920. The Bertz CT molecular complexity index is 1820. The summed E-state index contributed by atoms with van der Waals surface area (Å²) in [5.74, 6) is -3.68. The van der Waals surface area contributed by atoms with Gasteiger partial charge in [-0.1, -0.05) is 11.6 Å². The van der Waals surface area contributed by atoms with Gasteiger partial charge in [-0.05, 0) is 55.9 Å². The number of nitrogens with zero attached hydrogens (tertiary/aromatic N) is 3. The van der Waals surface area contributed by atoms with Gasteiger partial charge in [0.15, 0.2) is 5.82 Å². The van der Waals surface area contributed by atoms with Crippen molar-refractivity contribution in [1.82, 2.24) is 20.1 Å². The lowest BCUT2D eigenvalue weighted by molar-refractivity contribution is -0.186. The van der Waals surface area contributed by atoms with Crippen LogP contribution in [0.5, 0.6) is 5.75 Å². The number of hydrogen-bond donors (Lipinski definition) is 3. The van der Waals surface area contributed by atoms with Crippen LogP contribution >= 0.6 is 11.6 Å². The molecule has 3 N–H and O–H groups in total. The second-order valence-electron chi connectivity index (χ2n) is 11.8. The van der Waals surface area contributed by atoms with Crippen molar-refractivity contribution >= 4 is 28.4 Å². The lowest BCUT2D eigenvalue weighted by Crippen LogP contribution is -2.48. The van der Waals surface area contributed by atoms with Gasteiger partial charge in [0.1, 0.15) is 39.8 Å². The van der Waals surface area contributed by atoms with E-state index in [9.17, 15) is 23.8 Å². The molecule has 1 saturated heterocycles. The molecule has 230 valence electrons. The average Bonchev–Trinajstić information content (AvgIpc) is 3.93. The number of aromatic nitrogens is 3.